The van der Waals surface area contributed by atoms with Crippen LogP contribution in [-0.2, 0) is 9.53 Å². The fraction of sp³-hybridized carbons (Fsp3) is 0.444. The normalized spacial score (nSPS) is 16.2. The van der Waals surface area contributed by atoms with Gasteiger partial charge < -0.3 is 30.1 Å². The van der Waals surface area contributed by atoms with E-state index in [0.717, 1.165) is 17.7 Å². The average Bonchev–Trinajstić information content (AvgIpc) is 3.25. The van der Waals surface area contributed by atoms with Gasteiger partial charge >= 0.3 is 12.1 Å². The molecule has 3 rings (SSSR count). The van der Waals surface area contributed by atoms with Gasteiger partial charge in [0, 0.05) is 24.5 Å². The molecule has 0 spiro atoms. The minimum absolute atomic E-state index is 0.0801. The summed E-state index contributed by atoms with van der Waals surface area (Å²) in [5, 5.41) is 15.1. The molecule has 36 heavy (non-hydrogen) atoms. The first-order valence-electron chi connectivity index (χ1n) is 12.1. The number of aryl methyl sites for hydroxylation is 1. The molecule has 1 heterocycles. The summed E-state index contributed by atoms with van der Waals surface area (Å²) in [4.78, 5) is 38.7. The number of hydrogen-bond acceptors (Lipinski definition) is 6. The molecule has 9 heteroatoms. The molecule has 194 valence electrons. The average molecular weight is 498 g/mol. The van der Waals surface area contributed by atoms with E-state index >= 15 is 0 Å². The molecular weight excluding hydrogens is 462 g/mol. The third kappa shape index (κ3) is 7.13. The fourth-order valence-electron chi connectivity index (χ4n) is 4.02. The van der Waals surface area contributed by atoms with Crippen molar-refractivity contribution in [1.29, 1.82) is 0 Å². The number of anilines is 2. The lowest BCUT2D eigenvalue weighted by atomic mass is 10.1. The largest absolute Gasteiger partial charge is 0.479 e. The maximum Gasteiger partial charge on any atom is 0.407 e. The zero-order valence-corrected chi connectivity index (χ0v) is 21.5. The van der Waals surface area contributed by atoms with Gasteiger partial charge in [-0.25, -0.2) is 9.59 Å². The summed E-state index contributed by atoms with van der Waals surface area (Å²) in [7, 11) is 0. The predicted molar refractivity (Wildman–Crippen MR) is 138 cm³/mol. The second kappa shape index (κ2) is 11.3. The van der Waals surface area contributed by atoms with Crippen molar-refractivity contribution in [2.75, 3.05) is 23.3 Å². The van der Waals surface area contributed by atoms with Crippen molar-refractivity contribution < 1.29 is 29.0 Å². The molecule has 0 aromatic heterocycles. The number of hydrogen-bond donors (Lipinski definition) is 3. The van der Waals surface area contributed by atoms with Crippen LogP contribution in [0.2, 0.25) is 0 Å². The maximum absolute atomic E-state index is 13.2. The van der Waals surface area contributed by atoms with Crippen LogP contribution in [0.15, 0.2) is 42.5 Å². The molecule has 3 N–H and O–H groups in total. The summed E-state index contributed by atoms with van der Waals surface area (Å²) >= 11 is 0. The lowest BCUT2D eigenvalue weighted by Crippen LogP contribution is -2.40. The van der Waals surface area contributed by atoms with Crippen molar-refractivity contribution in [3.05, 3.63) is 53.6 Å². The lowest BCUT2D eigenvalue weighted by Gasteiger charge is -2.23. The Hall–Kier alpha value is -3.75. The van der Waals surface area contributed by atoms with E-state index in [-0.39, 0.29) is 11.9 Å². The summed E-state index contributed by atoms with van der Waals surface area (Å²) in [6.45, 7) is 10.3. The highest BCUT2D eigenvalue weighted by Gasteiger charge is 2.28. The van der Waals surface area contributed by atoms with Crippen LogP contribution in [0.25, 0.3) is 0 Å². The van der Waals surface area contributed by atoms with Crippen LogP contribution in [0.3, 0.4) is 0 Å². The van der Waals surface area contributed by atoms with E-state index in [0.29, 0.717) is 36.5 Å². The monoisotopic (exact) mass is 497 g/mol. The maximum atomic E-state index is 13.2. The lowest BCUT2D eigenvalue weighted by molar-refractivity contribution is -0.145. The van der Waals surface area contributed by atoms with E-state index in [1.54, 1.807) is 31.2 Å². The second-order valence-corrected chi connectivity index (χ2v) is 9.88. The highest BCUT2D eigenvalue weighted by atomic mass is 16.6. The first-order chi connectivity index (χ1) is 17.0. The van der Waals surface area contributed by atoms with Crippen LogP contribution < -0.4 is 20.3 Å². The Bertz CT molecular complexity index is 1110. The molecule has 2 aromatic carbocycles. The van der Waals surface area contributed by atoms with Crippen LogP contribution in [0, 0.1) is 6.92 Å². The van der Waals surface area contributed by atoms with Gasteiger partial charge in [-0.2, -0.15) is 0 Å². The number of benzene rings is 2. The Labute approximate surface area is 211 Å². The van der Waals surface area contributed by atoms with E-state index in [9.17, 15) is 19.5 Å². The summed E-state index contributed by atoms with van der Waals surface area (Å²) < 4.78 is 10.9. The van der Waals surface area contributed by atoms with Gasteiger partial charge in [0.1, 0.15) is 11.4 Å². The molecule has 2 unspecified atom stereocenters. The first-order valence-corrected chi connectivity index (χ1v) is 12.1. The standard InChI is InChI=1S/C27H35N3O6/c1-6-23(25(32)33)35-19-11-12-21(17(2)15-19)29-24(31)20-9-7-8-10-22(20)30-14-13-18(16-30)28-26(34)36-27(3,4)5/h7-12,15,18,23H,6,13-14,16H2,1-5H3,(H,28,34)(H,29,31)(H,32,33). The molecule has 0 radical (unpaired) electrons. The topological polar surface area (TPSA) is 117 Å². The predicted octanol–water partition coefficient (Wildman–Crippen LogP) is 4.59. The van der Waals surface area contributed by atoms with Gasteiger partial charge in [0.05, 0.1) is 11.6 Å². The Morgan fingerprint density at radius 2 is 1.89 bits per heavy atom. The number of amides is 2. The summed E-state index contributed by atoms with van der Waals surface area (Å²) in [6, 6.07) is 12.3. The van der Waals surface area contributed by atoms with Gasteiger partial charge in [-0.05, 0) is 76.4 Å². The smallest absolute Gasteiger partial charge is 0.407 e. The number of aliphatic carboxylic acids is 1. The zero-order chi connectivity index (χ0) is 26.5. The van der Waals surface area contributed by atoms with Crippen LogP contribution in [0.5, 0.6) is 5.75 Å². The zero-order valence-electron chi connectivity index (χ0n) is 21.5. The van der Waals surface area contributed by atoms with Gasteiger partial charge in [-0.3, -0.25) is 4.79 Å². The number of nitrogens with one attached hydrogen (secondary N) is 2. The quantitative estimate of drug-likeness (QED) is 0.488. The number of ether oxygens (including phenoxy) is 2. The number of para-hydroxylation sites is 1. The van der Waals surface area contributed by atoms with Crippen molar-refractivity contribution in [3.63, 3.8) is 0 Å². The Morgan fingerprint density at radius 3 is 2.53 bits per heavy atom. The highest BCUT2D eigenvalue weighted by molar-refractivity contribution is 6.08. The third-order valence-corrected chi connectivity index (χ3v) is 5.77. The van der Waals surface area contributed by atoms with Crippen molar-refractivity contribution in [2.24, 2.45) is 0 Å². The van der Waals surface area contributed by atoms with Crippen LogP contribution in [-0.4, -0.2) is 53.9 Å². The minimum Gasteiger partial charge on any atom is -0.479 e. The first kappa shape index (κ1) is 26.8. The van der Waals surface area contributed by atoms with Crippen LogP contribution in [0.1, 0.15) is 56.5 Å². The molecule has 2 atom stereocenters. The fourth-order valence-corrected chi connectivity index (χ4v) is 4.02. The number of rotatable bonds is 8. The summed E-state index contributed by atoms with van der Waals surface area (Å²) in [5.74, 6) is -0.849. The molecule has 0 aliphatic carbocycles. The van der Waals surface area contributed by atoms with Crippen molar-refractivity contribution in [2.45, 2.75) is 65.2 Å². The Balaban J connectivity index is 1.68. The van der Waals surface area contributed by atoms with Crippen LogP contribution in [0.4, 0.5) is 16.2 Å². The van der Waals surface area contributed by atoms with E-state index in [1.165, 1.54) is 0 Å². The van der Waals surface area contributed by atoms with Gasteiger partial charge in [0.25, 0.3) is 5.91 Å². The molecule has 0 bridgehead atoms. The number of carboxylic acids is 1. The molecule has 1 aliphatic rings. The van der Waals surface area contributed by atoms with Gasteiger partial charge in [-0.1, -0.05) is 19.1 Å². The van der Waals surface area contributed by atoms with E-state index in [4.69, 9.17) is 9.47 Å². The van der Waals surface area contributed by atoms with Gasteiger partial charge in [-0.15, -0.1) is 0 Å². The molecule has 2 aromatic rings. The molecule has 9 nitrogen and oxygen atoms in total. The molecule has 2 amide bonds. The molecule has 1 saturated heterocycles. The second-order valence-electron chi connectivity index (χ2n) is 9.88. The van der Waals surface area contributed by atoms with E-state index in [1.807, 2.05) is 45.9 Å². The summed E-state index contributed by atoms with van der Waals surface area (Å²) in [6.07, 6.45) is -0.290. The van der Waals surface area contributed by atoms with E-state index < -0.39 is 23.8 Å². The Kier molecular flexibility index (Phi) is 8.45. The van der Waals surface area contributed by atoms with Gasteiger partial charge in [0.2, 0.25) is 0 Å². The Morgan fingerprint density at radius 1 is 1.17 bits per heavy atom. The number of carbonyl (C=O) groups is 3. The van der Waals surface area contributed by atoms with Crippen LogP contribution >= 0.6 is 0 Å². The number of nitrogens with zero attached hydrogens (tertiary/aromatic N) is 1. The van der Waals surface area contributed by atoms with Crippen molar-refractivity contribution >= 4 is 29.3 Å². The molecule has 1 fully saturated rings. The molecule has 0 saturated carbocycles. The third-order valence-electron chi connectivity index (χ3n) is 5.77. The SMILES string of the molecule is CCC(Oc1ccc(NC(=O)c2ccccc2N2CCC(NC(=O)OC(C)(C)C)C2)c(C)c1)C(=O)O. The number of carboxylic acid groups (broad SMARTS) is 1. The van der Waals surface area contributed by atoms with Gasteiger partial charge in [0.15, 0.2) is 6.10 Å². The number of alkyl carbamates (subject to hydrolysis) is 1. The van der Waals surface area contributed by atoms with Crippen molar-refractivity contribution in [3.8, 4) is 5.75 Å². The highest BCUT2D eigenvalue weighted by Crippen LogP contribution is 2.28. The molecular formula is C27H35N3O6. The molecule has 1 aliphatic heterocycles. The summed E-state index contributed by atoms with van der Waals surface area (Å²) in [5.41, 5.74) is 2.10. The minimum atomic E-state index is -1.02. The number of carbonyl (C=O) groups excluding carboxylic acids is 2. The van der Waals surface area contributed by atoms with E-state index in [2.05, 4.69) is 15.5 Å². The van der Waals surface area contributed by atoms with Crippen molar-refractivity contribution in [1.82, 2.24) is 5.32 Å².